The van der Waals surface area contributed by atoms with Gasteiger partial charge in [0.2, 0.25) is 11.4 Å². The first-order valence-electron chi connectivity index (χ1n) is 9.97. The van der Waals surface area contributed by atoms with E-state index in [0.29, 0.717) is 28.3 Å². The minimum absolute atomic E-state index is 0.0446. The van der Waals surface area contributed by atoms with Gasteiger partial charge in [-0.1, -0.05) is 36.4 Å². The Morgan fingerprint density at radius 2 is 1.79 bits per heavy atom. The summed E-state index contributed by atoms with van der Waals surface area (Å²) in [5.41, 5.74) is 7.18. The van der Waals surface area contributed by atoms with Gasteiger partial charge in [0.25, 0.3) is 6.01 Å². The second-order valence-corrected chi connectivity index (χ2v) is 7.24. The molecule has 2 N–H and O–H groups in total. The van der Waals surface area contributed by atoms with Crippen LogP contribution in [0.3, 0.4) is 0 Å². The fraction of sp³-hybridized carbons (Fsp3) is 0.125. The van der Waals surface area contributed by atoms with Crippen molar-refractivity contribution in [3.8, 4) is 23.5 Å². The Hall–Kier alpha value is -4.71. The smallest absolute Gasteiger partial charge is 0.362 e. The van der Waals surface area contributed by atoms with E-state index >= 15 is 0 Å². The summed E-state index contributed by atoms with van der Waals surface area (Å²) in [7, 11) is 3.08. The van der Waals surface area contributed by atoms with Crippen LogP contribution in [0.1, 0.15) is 22.7 Å². The number of ether oxygens (including phenoxy) is 2. The molecule has 1 aliphatic rings. The molecule has 0 bridgehead atoms. The third-order valence-electron chi connectivity index (χ3n) is 5.49. The lowest BCUT2D eigenvalue weighted by Crippen LogP contribution is -2.35. The molecule has 0 radical (unpaired) electrons. The molecule has 5 rings (SSSR count). The Morgan fingerprint density at radius 3 is 2.52 bits per heavy atom. The molecule has 1 atom stereocenters. The van der Waals surface area contributed by atoms with E-state index in [0.717, 1.165) is 0 Å². The predicted octanol–water partition coefficient (Wildman–Crippen LogP) is 1.67. The number of rotatable bonds is 4. The number of hydrogen-bond acceptors (Lipinski definition) is 8. The lowest BCUT2D eigenvalue weighted by molar-refractivity contribution is 0.408. The molecule has 2 aromatic heterocycles. The number of nitrogens with zero attached hydrogens (tertiary/aromatic N) is 3. The van der Waals surface area contributed by atoms with E-state index < -0.39 is 11.5 Å². The Kier molecular flexibility index (Phi) is 4.75. The van der Waals surface area contributed by atoms with Crippen molar-refractivity contribution in [1.82, 2.24) is 9.55 Å². The number of oxazole rings is 2. The van der Waals surface area contributed by atoms with Crippen LogP contribution in [0.4, 0.5) is 6.01 Å². The average Bonchev–Trinajstić information content (AvgIpc) is 3.37. The topological polar surface area (TPSA) is 129 Å². The fourth-order valence-electron chi connectivity index (χ4n) is 4.09. The third kappa shape index (κ3) is 3.08. The molecule has 0 amide bonds. The van der Waals surface area contributed by atoms with Crippen LogP contribution in [0.15, 0.2) is 62.2 Å². The van der Waals surface area contributed by atoms with Crippen LogP contribution in [-0.2, 0) is 0 Å². The monoisotopic (exact) mass is 442 g/mol. The molecule has 0 saturated heterocycles. The summed E-state index contributed by atoms with van der Waals surface area (Å²) >= 11 is 0. The fourth-order valence-corrected chi connectivity index (χ4v) is 4.09. The molecular weight excluding hydrogens is 424 g/mol. The molecule has 3 heterocycles. The van der Waals surface area contributed by atoms with Crippen LogP contribution in [0.5, 0.6) is 11.5 Å². The van der Waals surface area contributed by atoms with Crippen molar-refractivity contribution in [1.29, 1.82) is 5.26 Å². The van der Waals surface area contributed by atoms with Gasteiger partial charge in [-0.2, -0.15) is 10.2 Å². The number of methoxy groups -OCH3 is 2. The molecule has 0 saturated carbocycles. The molecule has 4 aromatic rings. The maximum atomic E-state index is 13.0. The van der Waals surface area contributed by atoms with Crippen LogP contribution in [0, 0.1) is 11.3 Å². The summed E-state index contributed by atoms with van der Waals surface area (Å²) in [6.45, 7) is 0. The van der Waals surface area contributed by atoms with Gasteiger partial charge in [0.1, 0.15) is 34.2 Å². The van der Waals surface area contributed by atoms with Gasteiger partial charge >= 0.3 is 5.63 Å². The highest BCUT2D eigenvalue weighted by Gasteiger charge is 2.37. The van der Waals surface area contributed by atoms with E-state index in [-0.39, 0.29) is 28.4 Å². The molecule has 1 unspecified atom stereocenters. The molecule has 33 heavy (non-hydrogen) atoms. The zero-order valence-corrected chi connectivity index (χ0v) is 17.7. The van der Waals surface area contributed by atoms with Crippen molar-refractivity contribution in [2.24, 2.45) is 0 Å². The average molecular weight is 442 g/mol. The maximum Gasteiger partial charge on any atom is 0.362 e. The van der Waals surface area contributed by atoms with E-state index in [1.165, 1.54) is 18.8 Å². The second-order valence-electron chi connectivity index (χ2n) is 7.24. The number of nitrogen functional groups attached to an aromatic ring is 1. The Morgan fingerprint density at radius 1 is 1.09 bits per heavy atom. The highest BCUT2D eigenvalue weighted by Crippen LogP contribution is 2.41. The molecule has 1 aliphatic heterocycles. The van der Waals surface area contributed by atoms with Crippen molar-refractivity contribution in [2.45, 2.75) is 5.92 Å². The zero-order chi connectivity index (χ0) is 23.1. The summed E-state index contributed by atoms with van der Waals surface area (Å²) in [5, 5.41) is 10.3. The summed E-state index contributed by atoms with van der Waals surface area (Å²) in [5.74, 6) is 0.610. The zero-order valence-electron chi connectivity index (χ0n) is 17.7. The number of hydrogen-bond donors (Lipinski definition) is 1. The quantitative estimate of drug-likeness (QED) is 0.505. The van der Waals surface area contributed by atoms with Gasteiger partial charge in [0.05, 0.1) is 20.1 Å². The highest BCUT2D eigenvalue weighted by molar-refractivity contribution is 5.74. The van der Waals surface area contributed by atoms with Gasteiger partial charge in [0.15, 0.2) is 0 Å². The van der Waals surface area contributed by atoms with Crippen molar-refractivity contribution in [3.63, 3.8) is 0 Å². The number of nitriles is 1. The molecular formula is C24H18N4O5. The minimum Gasteiger partial charge on any atom is -0.496 e. The summed E-state index contributed by atoms with van der Waals surface area (Å²) in [4.78, 5) is 17.3. The Bertz CT molecular complexity index is 1600. The number of aromatic nitrogens is 2. The van der Waals surface area contributed by atoms with Gasteiger partial charge in [-0.15, -0.1) is 0 Å². The largest absolute Gasteiger partial charge is 0.496 e. The lowest BCUT2D eigenvalue weighted by atomic mass is 9.87. The van der Waals surface area contributed by atoms with E-state index in [4.69, 9.17) is 24.0 Å². The van der Waals surface area contributed by atoms with Crippen molar-refractivity contribution in [3.05, 3.63) is 86.7 Å². The minimum atomic E-state index is -0.702. The molecule has 0 spiro atoms. The SMILES string of the molecule is COc1ccccc1/C=c1/c(=O)oc2n1-c1oc(N)nc1C(c1ccccc1OC)C=2C#N. The first-order valence-corrected chi connectivity index (χ1v) is 9.97. The number of nitrogens with two attached hydrogens (primary N) is 1. The molecule has 2 aromatic carbocycles. The Labute approximate surface area is 187 Å². The van der Waals surface area contributed by atoms with Crippen LogP contribution in [0.2, 0.25) is 0 Å². The predicted molar refractivity (Wildman–Crippen MR) is 118 cm³/mol. The van der Waals surface area contributed by atoms with Gasteiger partial charge in [-0.05, 0) is 18.2 Å². The maximum absolute atomic E-state index is 13.0. The second kappa shape index (κ2) is 7.76. The first kappa shape index (κ1) is 20.2. The van der Waals surface area contributed by atoms with Gasteiger partial charge in [0, 0.05) is 11.1 Å². The normalized spacial score (nSPS) is 15.0. The third-order valence-corrected chi connectivity index (χ3v) is 5.49. The van der Waals surface area contributed by atoms with E-state index in [1.54, 1.807) is 24.3 Å². The number of benzene rings is 2. The Balaban J connectivity index is 1.90. The first-order chi connectivity index (χ1) is 16.1. The van der Waals surface area contributed by atoms with Crippen LogP contribution in [0.25, 0.3) is 17.5 Å². The van der Waals surface area contributed by atoms with Crippen molar-refractivity contribution < 1.29 is 18.3 Å². The van der Waals surface area contributed by atoms with E-state index in [1.807, 2.05) is 30.3 Å². The molecule has 9 heteroatoms. The number of anilines is 1. The highest BCUT2D eigenvalue weighted by atomic mass is 16.5. The van der Waals surface area contributed by atoms with Gasteiger partial charge in [-0.25, -0.2) is 9.36 Å². The molecule has 9 nitrogen and oxygen atoms in total. The lowest BCUT2D eigenvalue weighted by Gasteiger charge is -2.20. The van der Waals surface area contributed by atoms with Crippen molar-refractivity contribution >= 4 is 17.7 Å². The molecule has 164 valence electrons. The van der Waals surface area contributed by atoms with Gasteiger partial charge in [-0.3, -0.25) is 0 Å². The molecule has 0 fully saturated rings. The summed E-state index contributed by atoms with van der Waals surface area (Å²) in [6, 6.07) is 16.5. The molecule has 0 aliphatic carbocycles. The van der Waals surface area contributed by atoms with Crippen LogP contribution >= 0.6 is 0 Å². The summed E-state index contributed by atoms with van der Waals surface area (Å²) in [6.07, 6.45) is 1.61. The van der Waals surface area contributed by atoms with Crippen LogP contribution < -0.4 is 31.7 Å². The van der Waals surface area contributed by atoms with E-state index in [2.05, 4.69) is 11.1 Å². The number of para-hydroxylation sites is 2. The van der Waals surface area contributed by atoms with Crippen molar-refractivity contribution in [2.75, 3.05) is 20.0 Å². The number of fused-ring (bicyclic) bond motifs is 3. The summed E-state index contributed by atoms with van der Waals surface area (Å²) < 4.78 is 23.6. The van der Waals surface area contributed by atoms with Crippen LogP contribution in [-0.4, -0.2) is 23.8 Å². The van der Waals surface area contributed by atoms with Gasteiger partial charge < -0.3 is 24.0 Å². The standard InChI is InChI=1S/C24H18N4O5/c1-30-17-9-5-3-7-13(17)11-16-23(29)32-21-15(12-25)19(14-8-4-6-10-18(14)31-2)20-22(28(16)21)33-24(26)27-20/h3-11,19H,1-2H3,(H2,26,27)/b16-11-. The van der Waals surface area contributed by atoms with E-state index in [9.17, 15) is 10.1 Å².